The van der Waals surface area contributed by atoms with Crippen LogP contribution in [0.15, 0.2) is 66.9 Å². The van der Waals surface area contributed by atoms with Gasteiger partial charge in [0.1, 0.15) is 5.69 Å². The molecule has 0 atom stereocenters. The molecule has 0 spiro atoms. The molecule has 132 valence electrons. The summed E-state index contributed by atoms with van der Waals surface area (Å²) >= 11 is 5.89. The van der Waals surface area contributed by atoms with Crippen molar-refractivity contribution in [3.63, 3.8) is 0 Å². The van der Waals surface area contributed by atoms with Gasteiger partial charge in [0.25, 0.3) is 5.91 Å². The number of anilines is 2. The van der Waals surface area contributed by atoms with Gasteiger partial charge in [-0.2, -0.15) is 0 Å². The Hall–Kier alpha value is -2.92. The van der Waals surface area contributed by atoms with Gasteiger partial charge in [-0.05, 0) is 42.3 Å². The van der Waals surface area contributed by atoms with Crippen molar-refractivity contribution in [1.29, 1.82) is 0 Å². The zero-order chi connectivity index (χ0) is 18.4. The minimum Gasteiger partial charge on any atom is -0.354 e. The maximum atomic E-state index is 12.6. The van der Waals surface area contributed by atoms with Gasteiger partial charge in [0.2, 0.25) is 5.95 Å². The van der Waals surface area contributed by atoms with Crippen LogP contribution in [0.25, 0.3) is 0 Å². The van der Waals surface area contributed by atoms with Gasteiger partial charge in [-0.25, -0.2) is 9.97 Å². The first-order valence-electron chi connectivity index (χ1n) is 8.28. The lowest BCUT2D eigenvalue weighted by molar-refractivity contribution is 0.0988. The fourth-order valence-electron chi connectivity index (χ4n) is 2.47. The molecule has 0 fully saturated rings. The molecule has 1 amide bonds. The average Bonchev–Trinajstić information content (AvgIpc) is 2.69. The number of hydrogen-bond acceptors (Lipinski definition) is 4. The molecule has 1 heterocycles. The van der Waals surface area contributed by atoms with Gasteiger partial charge in [-0.1, -0.05) is 41.9 Å². The van der Waals surface area contributed by atoms with Gasteiger partial charge >= 0.3 is 0 Å². The second-order valence-corrected chi connectivity index (χ2v) is 6.20. The molecule has 3 aromatic rings. The van der Waals surface area contributed by atoms with Gasteiger partial charge in [0, 0.05) is 30.5 Å². The second kappa shape index (κ2) is 8.45. The number of aromatic nitrogens is 2. The summed E-state index contributed by atoms with van der Waals surface area (Å²) < 4.78 is 0. The van der Waals surface area contributed by atoms with Crippen LogP contribution in [-0.4, -0.2) is 29.5 Å². The number of carbonyl (C=O) groups is 1. The Bertz CT molecular complexity index is 868. The van der Waals surface area contributed by atoms with Crippen LogP contribution in [0.5, 0.6) is 0 Å². The molecule has 0 unspecified atom stereocenters. The van der Waals surface area contributed by atoms with Crippen LogP contribution in [0.3, 0.4) is 0 Å². The number of rotatable bonds is 6. The zero-order valence-electron chi connectivity index (χ0n) is 14.4. The molecule has 5 nitrogen and oxygen atoms in total. The first kappa shape index (κ1) is 17.9. The third-order valence-corrected chi connectivity index (χ3v) is 4.18. The summed E-state index contributed by atoms with van der Waals surface area (Å²) in [5.41, 5.74) is 2.33. The highest BCUT2D eigenvalue weighted by atomic mass is 35.5. The van der Waals surface area contributed by atoms with Gasteiger partial charge in [0.15, 0.2) is 0 Å². The molecular weight excluding hydrogens is 348 g/mol. The van der Waals surface area contributed by atoms with Crippen LogP contribution in [0.4, 0.5) is 11.6 Å². The van der Waals surface area contributed by atoms with Crippen LogP contribution in [0, 0.1) is 0 Å². The molecule has 26 heavy (non-hydrogen) atoms. The van der Waals surface area contributed by atoms with Crippen LogP contribution in [-0.2, 0) is 6.42 Å². The van der Waals surface area contributed by atoms with Crippen LogP contribution in [0.1, 0.15) is 16.1 Å². The van der Waals surface area contributed by atoms with Crippen molar-refractivity contribution in [1.82, 2.24) is 9.97 Å². The number of hydrogen-bond donors (Lipinski definition) is 1. The molecule has 1 aromatic heterocycles. The lowest BCUT2D eigenvalue weighted by Gasteiger charge is -2.17. The molecule has 0 aliphatic heterocycles. The molecule has 1 N–H and O–H groups in total. The number of para-hydroxylation sites is 1. The van der Waals surface area contributed by atoms with Crippen molar-refractivity contribution in [3.05, 3.63) is 83.1 Å². The molecule has 0 bridgehead atoms. The van der Waals surface area contributed by atoms with Crippen LogP contribution >= 0.6 is 11.6 Å². The summed E-state index contributed by atoms with van der Waals surface area (Å²) in [6.45, 7) is 0.661. The van der Waals surface area contributed by atoms with E-state index in [1.165, 1.54) is 0 Å². The van der Waals surface area contributed by atoms with Crippen molar-refractivity contribution in [2.24, 2.45) is 0 Å². The van der Waals surface area contributed by atoms with E-state index in [1.807, 2.05) is 54.6 Å². The normalized spacial score (nSPS) is 10.4. The van der Waals surface area contributed by atoms with E-state index in [2.05, 4.69) is 15.3 Å². The smallest absolute Gasteiger partial charge is 0.276 e. The Balaban J connectivity index is 1.62. The Morgan fingerprint density at radius 2 is 1.81 bits per heavy atom. The van der Waals surface area contributed by atoms with Crippen LogP contribution in [0.2, 0.25) is 5.02 Å². The molecule has 0 aliphatic carbocycles. The first-order chi connectivity index (χ1) is 12.6. The zero-order valence-corrected chi connectivity index (χ0v) is 15.1. The second-order valence-electron chi connectivity index (χ2n) is 5.77. The Morgan fingerprint density at radius 3 is 2.54 bits per heavy atom. The number of benzene rings is 2. The highest BCUT2D eigenvalue weighted by molar-refractivity contribution is 6.30. The van der Waals surface area contributed by atoms with Crippen molar-refractivity contribution in [3.8, 4) is 0 Å². The van der Waals surface area contributed by atoms with E-state index >= 15 is 0 Å². The quantitative estimate of drug-likeness (QED) is 0.714. The predicted molar refractivity (Wildman–Crippen MR) is 105 cm³/mol. The number of carbonyl (C=O) groups excluding carboxylic acids is 1. The largest absolute Gasteiger partial charge is 0.354 e. The fourth-order valence-corrected chi connectivity index (χ4v) is 2.60. The number of nitrogens with zero attached hydrogens (tertiary/aromatic N) is 3. The van der Waals surface area contributed by atoms with E-state index in [9.17, 15) is 4.79 Å². The molecular formula is C20H19ClN4O. The van der Waals surface area contributed by atoms with E-state index < -0.39 is 0 Å². The molecule has 0 saturated heterocycles. The number of nitrogens with one attached hydrogen (secondary N) is 1. The van der Waals surface area contributed by atoms with Crippen molar-refractivity contribution < 1.29 is 4.79 Å². The van der Waals surface area contributed by atoms with Gasteiger partial charge < -0.3 is 10.2 Å². The Kier molecular flexibility index (Phi) is 5.81. The van der Waals surface area contributed by atoms with Crippen molar-refractivity contribution in [2.45, 2.75) is 6.42 Å². The molecule has 0 radical (unpaired) electrons. The minimum absolute atomic E-state index is 0.181. The van der Waals surface area contributed by atoms with E-state index in [0.29, 0.717) is 18.2 Å². The minimum atomic E-state index is -0.181. The van der Waals surface area contributed by atoms with Gasteiger partial charge in [-0.15, -0.1) is 0 Å². The summed E-state index contributed by atoms with van der Waals surface area (Å²) in [6, 6.07) is 18.8. The molecule has 0 aliphatic rings. The van der Waals surface area contributed by atoms with E-state index in [0.717, 1.165) is 22.7 Å². The van der Waals surface area contributed by atoms with Gasteiger partial charge in [0.05, 0.1) is 0 Å². The first-order valence-corrected chi connectivity index (χ1v) is 8.66. The van der Waals surface area contributed by atoms with Crippen molar-refractivity contribution >= 4 is 29.1 Å². The highest BCUT2D eigenvalue weighted by Crippen LogP contribution is 2.14. The third-order valence-electron chi connectivity index (χ3n) is 3.93. The lowest BCUT2D eigenvalue weighted by Crippen LogP contribution is -2.27. The summed E-state index contributed by atoms with van der Waals surface area (Å²) in [6.07, 6.45) is 2.40. The fraction of sp³-hybridized carbons (Fsp3) is 0.150. The summed E-state index contributed by atoms with van der Waals surface area (Å²) in [5, 5.41) is 3.88. The van der Waals surface area contributed by atoms with E-state index in [-0.39, 0.29) is 5.91 Å². The summed E-state index contributed by atoms with van der Waals surface area (Å²) in [7, 11) is 1.73. The summed E-state index contributed by atoms with van der Waals surface area (Å²) in [4.78, 5) is 22.7. The standard InChI is InChI=1S/C20H19ClN4O/c1-25(17-5-3-2-4-6-17)19(26)18-12-14-23-20(24-18)22-13-11-15-7-9-16(21)10-8-15/h2-10,12,14H,11,13H2,1H3,(H,22,23,24). The molecule has 6 heteroatoms. The topological polar surface area (TPSA) is 58.1 Å². The highest BCUT2D eigenvalue weighted by Gasteiger charge is 2.15. The monoisotopic (exact) mass is 366 g/mol. The van der Waals surface area contributed by atoms with E-state index in [4.69, 9.17) is 11.6 Å². The SMILES string of the molecule is CN(C(=O)c1ccnc(NCCc2ccc(Cl)cc2)n1)c1ccccc1. The maximum Gasteiger partial charge on any atom is 0.276 e. The number of amides is 1. The Labute approximate surface area is 157 Å². The van der Waals surface area contributed by atoms with E-state index in [1.54, 1.807) is 24.2 Å². The summed E-state index contributed by atoms with van der Waals surface area (Å²) in [5.74, 6) is 0.255. The van der Waals surface area contributed by atoms with Gasteiger partial charge in [-0.3, -0.25) is 4.79 Å². The molecule has 3 rings (SSSR count). The predicted octanol–water partition coefficient (Wildman–Crippen LogP) is 4.06. The van der Waals surface area contributed by atoms with Crippen LogP contribution < -0.4 is 10.2 Å². The lowest BCUT2D eigenvalue weighted by atomic mass is 10.1. The molecule has 2 aromatic carbocycles. The molecule has 0 saturated carbocycles. The number of halogens is 1. The van der Waals surface area contributed by atoms with Crippen molar-refractivity contribution in [2.75, 3.05) is 23.8 Å². The maximum absolute atomic E-state index is 12.6. The third kappa shape index (κ3) is 4.58. The average molecular weight is 367 g/mol. The Morgan fingerprint density at radius 1 is 1.08 bits per heavy atom.